The molecule has 1 heterocycles. The van der Waals surface area contributed by atoms with Crippen molar-refractivity contribution >= 4 is 45.8 Å². The van der Waals surface area contributed by atoms with Gasteiger partial charge in [-0.15, -0.1) is 10.2 Å². The molecule has 0 spiro atoms. The van der Waals surface area contributed by atoms with Gasteiger partial charge in [-0.25, -0.2) is 0 Å². The fourth-order valence-electron chi connectivity index (χ4n) is 2.99. The van der Waals surface area contributed by atoms with Gasteiger partial charge >= 0.3 is 0 Å². The highest BCUT2D eigenvalue weighted by Gasteiger charge is 2.11. The fraction of sp³-hybridized carbons (Fsp3) is 0.136. The summed E-state index contributed by atoms with van der Waals surface area (Å²) in [5, 5.41) is 12.7. The molecule has 30 heavy (non-hydrogen) atoms. The van der Waals surface area contributed by atoms with Gasteiger partial charge in [-0.3, -0.25) is 4.79 Å². The highest BCUT2D eigenvalue weighted by molar-refractivity contribution is 6.35. The third-order valence-corrected chi connectivity index (χ3v) is 4.97. The molecule has 0 fully saturated rings. The number of nitrogens with zero attached hydrogens (tertiary/aromatic N) is 3. The second-order valence-electron chi connectivity index (χ2n) is 6.90. The molecule has 0 radical (unpaired) electrons. The lowest BCUT2D eigenvalue weighted by atomic mass is 10.2. The standard InChI is InChI=1S/C22H18Cl2N4O2/c1-13-3-6-17(7-4-13)28-26-19-8-5-16(11-20(19)27-28)25-21(29)12-30-22-14(2)9-15(23)10-18(22)24/h3-11H,12H2,1-2H3,(H,25,29). The number of aryl methyl sites for hydroxylation is 2. The van der Waals surface area contributed by atoms with E-state index in [0.29, 0.717) is 27.0 Å². The Balaban J connectivity index is 1.46. The second-order valence-corrected chi connectivity index (χ2v) is 7.74. The number of nitrogens with one attached hydrogen (secondary N) is 1. The lowest BCUT2D eigenvalue weighted by molar-refractivity contribution is -0.118. The van der Waals surface area contributed by atoms with Crippen LogP contribution in [0.5, 0.6) is 5.75 Å². The van der Waals surface area contributed by atoms with Crippen LogP contribution in [0.2, 0.25) is 10.0 Å². The normalized spacial score (nSPS) is 10.9. The van der Waals surface area contributed by atoms with E-state index in [1.165, 1.54) is 0 Å². The molecule has 1 aromatic heterocycles. The minimum atomic E-state index is -0.314. The summed E-state index contributed by atoms with van der Waals surface area (Å²) in [6.07, 6.45) is 0. The second kappa shape index (κ2) is 8.34. The first-order valence-electron chi connectivity index (χ1n) is 9.21. The lowest BCUT2D eigenvalue weighted by Gasteiger charge is -2.11. The minimum absolute atomic E-state index is 0.184. The molecule has 0 aliphatic heterocycles. The maximum atomic E-state index is 12.3. The number of hydrogen-bond acceptors (Lipinski definition) is 4. The molecular weight excluding hydrogens is 423 g/mol. The summed E-state index contributed by atoms with van der Waals surface area (Å²) in [7, 11) is 0. The molecule has 0 aliphatic carbocycles. The summed E-state index contributed by atoms with van der Waals surface area (Å²) in [6.45, 7) is 3.66. The first-order valence-corrected chi connectivity index (χ1v) is 9.97. The summed E-state index contributed by atoms with van der Waals surface area (Å²) in [5.74, 6) is 0.124. The average molecular weight is 441 g/mol. The predicted octanol–water partition coefficient (Wildman–Crippen LogP) is 5.36. The molecule has 0 atom stereocenters. The van der Waals surface area contributed by atoms with E-state index in [4.69, 9.17) is 27.9 Å². The van der Waals surface area contributed by atoms with Gasteiger partial charge < -0.3 is 10.1 Å². The van der Waals surface area contributed by atoms with E-state index in [1.807, 2.05) is 44.2 Å². The van der Waals surface area contributed by atoms with Crippen molar-refractivity contribution in [2.75, 3.05) is 11.9 Å². The van der Waals surface area contributed by atoms with E-state index in [9.17, 15) is 4.79 Å². The molecule has 1 N–H and O–H groups in total. The molecule has 152 valence electrons. The van der Waals surface area contributed by atoms with Gasteiger partial charge in [0.05, 0.1) is 10.7 Å². The van der Waals surface area contributed by atoms with Crippen LogP contribution in [0.15, 0.2) is 54.6 Å². The molecule has 4 aromatic rings. The number of amides is 1. The Hall–Kier alpha value is -3.09. The lowest BCUT2D eigenvalue weighted by Crippen LogP contribution is -2.20. The van der Waals surface area contributed by atoms with Gasteiger partial charge in [0.2, 0.25) is 0 Å². The van der Waals surface area contributed by atoms with Gasteiger partial charge in [-0.1, -0.05) is 40.9 Å². The first kappa shape index (κ1) is 20.2. The Morgan fingerprint density at radius 2 is 1.73 bits per heavy atom. The topological polar surface area (TPSA) is 69.0 Å². The summed E-state index contributed by atoms with van der Waals surface area (Å²) in [5.41, 5.74) is 4.79. The molecule has 8 heteroatoms. The van der Waals surface area contributed by atoms with E-state index in [1.54, 1.807) is 29.1 Å². The molecule has 0 aliphatic rings. The quantitative estimate of drug-likeness (QED) is 0.453. The van der Waals surface area contributed by atoms with Crippen LogP contribution in [-0.4, -0.2) is 27.5 Å². The SMILES string of the molecule is Cc1ccc(-n2nc3ccc(NC(=O)COc4c(C)cc(Cl)cc4Cl)cc3n2)cc1. The number of aromatic nitrogens is 3. The predicted molar refractivity (Wildman–Crippen MR) is 119 cm³/mol. The van der Waals surface area contributed by atoms with Crippen molar-refractivity contribution in [2.45, 2.75) is 13.8 Å². The molecule has 0 unspecified atom stereocenters. The van der Waals surface area contributed by atoms with E-state index >= 15 is 0 Å². The van der Waals surface area contributed by atoms with Gasteiger partial charge in [0, 0.05) is 10.7 Å². The fourth-order valence-corrected chi connectivity index (χ4v) is 3.64. The van der Waals surface area contributed by atoms with Crippen LogP contribution >= 0.6 is 23.2 Å². The molecule has 0 saturated heterocycles. The van der Waals surface area contributed by atoms with E-state index in [0.717, 1.165) is 22.3 Å². The molecule has 6 nitrogen and oxygen atoms in total. The molecule has 1 amide bonds. The van der Waals surface area contributed by atoms with Crippen LogP contribution in [0.3, 0.4) is 0 Å². The molecule has 4 rings (SSSR count). The van der Waals surface area contributed by atoms with Crippen LogP contribution in [0.25, 0.3) is 16.7 Å². The summed E-state index contributed by atoms with van der Waals surface area (Å²) in [4.78, 5) is 13.9. The number of anilines is 1. The van der Waals surface area contributed by atoms with E-state index in [2.05, 4.69) is 15.5 Å². The Morgan fingerprint density at radius 1 is 1.00 bits per heavy atom. The molecule has 0 bridgehead atoms. The zero-order valence-electron chi connectivity index (χ0n) is 16.3. The highest BCUT2D eigenvalue weighted by atomic mass is 35.5. The van der Waals surface area contributed by atoms with Crippen LogP contribution in [0.4, 0.5) is 5.69 Å². The smallest absolute Gasteiger partial charge is 0.262 e. The Morgan fingerprint density at radius 3 is 2.47 bits per heavy atom. The third kappa shape index (κ3) is 4.40. The van der Waals surface area contributed by atoms with Crippen molar-refractivity contribution in [1.82, 2.24) is 15.0 Å². The number of carbonyl (C=O) groups is 1. The highest BCUT2D eigenvalue weighted by Crippen LogP contribution is 2.31. The van der Waals surface area contributed by atoms with Crippen molar-refractivity contribution in [3.05, 3.63) is 75.8 Å². The Bertz CT molecular complexity index is 1210. The number of ether oxygens (including phenoxy) is 1. The number of halogens is 2. The number of fused-ring (bicyclic) bond motifs is 1. The molecular formula is C22H18Cl2N4O2. The maximum absolute atomic E-state index is 12.3. The van der Waals surface area contributed by atoms with Gasteiger partial charge in [0.1, 0.15) is 16.8 Å². The van der Waals surface area contributed by atoms with Crippen LogP contribution in [-0.2, 0) is 4.79 Å². The third-order valence-electron chi connectivity index (χ3n) is 4.47. The number of carbonyl (C=O) groups excluding carboxylic acids is 1. The maximum Gasteiger partial charge on any atom is 0.262 e. The zero-order chi connectivity index (χ0) is 21.3. The van der Waals surface area contributed by atoms with Crippen LogP contribution in [0, 0.1) is 13.8 Å². The largest absolute Gasteiger partial charge is 0.482 e. The van der Waals surface area contributed by atoms with Gasteiger partial charge in [0.15, 0.2) is 6.61 Å². The van der Waals surface area contributed by atoms with Crippen molar-refractivity contribution < 1.29 is 9.53 Å². The van der Waals surface area contributed by atoms with Crippen LogP contribution in [0.1, 0.15) is 11.1 Å². The first-order chi connectivity index (χ1) is 14.4. The van der Waals surface area contributed by atoms with Gasteiger partial charge in [0.25, 0.3) is 5.91 Å². The van der Waals surface area contributed by atoms with Crippen molar-refractivity contribution in [2.24, 2.45) is 0 Å². The summed E-state index contributed by atoms with van der Waals surface area (Å²) >= 11 is 12.1. The Labute approximate surface area is 183 Å². The number of benzene rings is 3. The van der Waals surface area contributed by atoms with Gasteiger partial charge in [-0.2, -0.15) is 4.80 Å². The summed E-state index contributed by atoms with van der Waals surface area (Å²) in [6, 6.07) is 16.6. The zero-order valence-corrected chi connectivity index (χ0v) is 17.8. The average Bonchev–Trinajstić information content (AvgIpc) is 3.11. The van der Waals surface area contributed by atoms with Crippen molar-refractivity contribution in [3.8, 4) is 11.4 Å². The van der Waals surface area contributed by atoms with Gasteiger partial charge in [-0.05, 0) is 61.9 Å². The van der Waals surface area contributed by atoms with Crippen molar-refractivity contribution in [3.63, 3.8) is 0 Å². The monoisotopic (exact) mass is 440 g/mol. The molecule has 3 aromatic carbocycles. The summed E-state index contributed by atoms with van der Waals surface area (Å²) < 4.78 is 5.58. The van der Waals surface area contributed by atoms with E-state index < -0.39 is 0 Å². The number of hydrogen-bond donors (Lipinski definition) is 1. The minimum Gasteiger partial charge on any atom is -0.482 e. The Kier molecular flexibility index (Phi) is 5.61. The van der Waals surface area contributed by atoms with Crippen molar-refractivity contribution in [1.29, 1.82) is 0 Å². The van der Waals surface area contributed by atoms with Crippen LogP contribution < -0.4 is 10.1 Å². The number of rotatable bonds is 5. The van der Waals surface area contributed by atoms with E-state index in [-0.39, 0.29) is 12.5 Å². The molecule has 0 saturated carbocycles.